The molecule has 2 aliphatic rings. The Hall–Kier alpha value is -0.210. The van der Waals surface area contributed by atoms with Crippen LogP contribution in [0.2, 0.25) is 5.02 Å². The number of methoxy groups -OCH3 is 1. The van der Waals surface area contributed by atoms with E-state index in [-0.39, 0.29) is 0 Å². The van der Waals surface area contributed by atoms with Crippen molar-refractivity contribution in [1.29, 1.82) is 0 Å². The molecule has 0 heterocycles. The predicted molar refractivity (Wildman–Crippen MR) is 78.6 cm³/mol. The largest absolute Gasteiger partial charge is 0.495 e. The highest BCUT2D eigenvalue weighted by Gasteiger charge is 2.42. The van der Waals surface area contributed by atoms with Crippen molar-refractivity contribution in [3.8, 4) is 5.75 Å². The maximum absolute atomic E-state index is 6.21. The summed E-state index contributed by atoms with van der Waals surface area (Å²) < 4.78 is 5.21. The zero-order valence-corrected chi connectivity index (χ0v) is 12.9. The summed E-state index contributed by atoms with van der Waals surface area (Å²) in [7, 11) is 1.66. The van der Waals surface area contributed by atoms with Gasteiger partial charge in [0.15, 0.2) is 0 Å². The highest BCUT2D eigenvalue weighted by molar-refractivity contribution is 9.09. The third kappa shape index (κ3) is 2.18. The van der Waals surface area contributed by atoms with E-state index < -0.39 is 0 Å². The molecule has 2 aliphatic carbocycles. The zero-order chi connectivity index (χ0) is 12.7. The Morgan fingerprint density at radius 1 is 1.33 bits per heavy atom. The molecule has 1 aromatic carbocycles. The number of hydrogen-bond donors (Lipinski definition) is 0. The summed E-state index contributed by atoms with van der Waals surface area (Å²) in [5, 5.41) is 0.711. The highest BCUT2D eigenvalue weighted by Crippen LogP contribution is 2.55. The van der Waals surface area contributed by atoms with Gasteiger partial charge in [0.1, 0.15) is 5.75 Å². The lowest BCUT2D eigenvalue weighted by Gasteiger charge is -2.27. The van der Waals surface area contributed by atoms with Crippen LogP contribution in [0.15, 0.2) is 18.2 Å². The average Bonchev–Trinajstić information content (AvgIpc) is 3.00. The molecular weight excluding hydrogens is 312 g/mol. The van der Waals surface area contributed by atoms with Crippen molar-refractivity contribution in [3.63, 3.8) is 0 Å². The molecule has 2 fully saturated rings. The number of rotatable bonds is 3. The first-order chi connectivity index (χ1) is 8.69. The van der Waals surface area contributed by atoms with Gasteiger partial charge in [-0.25, -0.2) is 0 Å². The zero-order valence-electron chi connectivity index (χ0n) is 10.5. The van der Waals surface area contributed by atoms with Gasteiger partial charge in [-0.1, -0.05) is 40.0 Å². The molecule has 3 heteroatoms. The van der Waals surface area contributed by atoms with Gasteiger partial charge in [0.25, 0.3) is 0 Å². The Bertz CT molecular complexity index is 448. The van der Waals surface area contributed by atoms with E-state index in [1.54, 1.807) is 7.11 Å². The van der Waals surface area contributed by atoms with E-state index in [2.05, 4.69) is 22.0 Å². The van der Waals surface area contributed by atoms with E-state index in [9.17, 15) is 0 Å². The SMILES string of the molecule is COc1ccc(C(Br)C2CC3CCC2C3)cc1Cl. The fourth-order valence-corrected chi connectivity index (χ4v) is 4.95. The van der Waals surface area contributed by atoms with Crippen molar-refractivity contribution >= 4 is 27.5 Å². The topological polar surface area (TPSA) is 9.23 Å². The van der Waals surface area contributed by atoms with Crippen molar-refractivity contribution in [2.75, 3.05) is 7.11 Å². The lowest BCUT2D eigenvalue weighted by Crippen LogP contribution is -2.15. The highest BCUT2D eigenvalue weighted by atomic mass is 79.9. The molecule has 4 atom stereocenters. The molecule has 1 nitrogen and oxygen atoms in total. The summed E-state index contributed by atoms with van der Waals surface area (Å²) in [6.07, 6.45) is 5.69. The van der Waals surface area contributed by atoms with Gasteiger partial charge >= 0.3 is 0 Å². The number of ether oxygens (including phenoxy) is 1. The molecule has 18 heavy (non-hydrogen) atoms. The van der Waals surface area contributed by atoms with Crippen LogP contribution in [-0.2, 0) is 0 Å². The maximum Gasteiger partial charge on any atom is 0.137 e. The molecule has 1 aromatic rings. The molecule has 0 aliphatic heterocycles. The third-order valence-electron chi connectivity index (χ3n) is 4.66. The van der Waals surface area contributed by atoms with Gasteiger partial charge in [0, 0.05) is 4.83 Å². The second-order valence-electron chi connectivity index (χ2n) is 5.63. The van der Waals surface area contributed by atoms with Crippen LogP contribution in [-0.4, -0.2) is 7.11 Å². The quantitative estimate of drug-likeness (QED) is 0.691. The van der Waals surface area contributed by atoms with E-state index >= 15 is 0 Å². The van der Waals surface area contributed by atoms with Crippen LogP contribution < -0.4 is 4.74 Å². The Morgan fingerprint density at radius 2 is 2.17 bits per heavy atom. The van der Waals surface area contributed by atoms with Gasteiger partial charge in [0.05, 0.1) is 12.1 Å². The minimum Gasteiger partial charge on any atom is -0.495 e. The summed E-state index contributed by atoms with van der Waals surface area (Å²) >= 11 is 10.1. The lowest BCUT2D eigenvalue weighted by atomic mass is 9.84. The van der Waals surface area contributed by atoms with Gasteiger partial charge in [-0.2, -0.15) is 0 Å². The van der Waals surface area contributed by atoms with Crippen molar-refractivity contribution in [3.05, 3.63) is 28.8 Å². The van der Waals surface area contributed by atoms with Gasteiger partial charge in [-0.15, -0.1) is 0 Å². The first-order valence-corrected chi connectivity index (χ1v) is 7.96. The van der Waals surface area contributed by atoms with Crippen LogP contribution in [0.3, 0.4) is 0 Å². The van der Waals surface area contributed by atoms with Crippen LogP contribution in [0.1, 0.15) is 36.1 Å². The van der Waals surface area contributed by atoms with Gasteiger partial charge in [0.2, 0.25) is 0 Å². The first kappa shape index (κ1) is 12.8. The fraction of sp³-hybridized carbons (Fsp3) is 0.600. The van der Waals surface area contributed by atoms with Crippen LogP contribution >= 0.6 is 27.5 Å². The monoisotopic (exact) mass is 328 g/mol. The van der Waals surface area contributed by atoms with E-state index in [0.29, 0.717) is 9.85 Å². The van der Waals surface area contributed by atoms with Crippen LogP contribution in [0.5, 0.6) is 5.75 Å². The molecule has 3 rings (SSSR count). The van der Waals surface area contributed by atoms with Gasteiger partial charge < -0.3 is 4.74 Å². The second kappa shape index (κ2) is 5.05. The summed E-state index contributed by atoms with van der Waals surface area (Å²) in [5.41, 5.74) is 1.29. The summed E-state index contributed by atoms with van der Waals surface area (Å²) in [6.45, 7) is 0. The van der Waals surface area contributed by atoms with Gasteiger partial charge in [-0.05, 0) is 54.7 Å². The number of alkyl halides is 1. The Morgan fingerprint density at radius 3 is 2.72 bits per heavy atom. The van der Waals surface area contributed by atoms with Crippen LogP contribution in [0.25, 0.3) is 0 Å². The molecule has 0 saturated heterocycles. The first-order valence-electron chi connectivity index (χ1n) is 6.66. The van der Waals surface area contributed by atoms with E-state index in [4.69, 9.17) is 16.3 Å². The van der Waals surface area contributed by atoms with Crippen molar-refractivity contribution in [2.45, 2.75) is 30.5 Å². The van der Waals surface area contributed by atoms with Crippen molar-refractivity contribution < 1.29 is 4.74 Å². The Kier molecular flexibility index (Phi) is 3.59. The molecule has 0 aromatic heterocycles. The van der Waals surface area contributed by atoms with Crippen molar-refractivity contribution in [2.24, 2.45) is 17.8 Å². The average molecular weight is 330 g/mol. The second-order valence-corrected chi connectivity index (χ2v) is 7.03. The van der Waals surface area contributed by atoms with Crippen molar-refractivity contribution in [1.82, 2.24) is 0 Å². The van der Waals surface area contributed by atoms with E-state index in [0.717, 1.165) is 23.5 Å². The molecule has 0 spiro atoms. The number of benzene rings is 1. The molecule has 0 radical (unpaired) electrons. The minimum atomic E-state index is 0.441. The Balaban J connectivity index is 1.80. The van der Waals surface area contributed by atoms with Crippen LogP contribution in [0, 0.1) is 17.8 Å². The van der Waals surface area contributed by atoms with Crippen LogP contribution in [0.4, 0.5) is 0 Å². The summed E-state index contributed by atoms with van der Waals surface area (Å²) in [4.78, 5) is 0.441. The molecule has 0 N–H and O–H groups in total. The number of halogens is 2. The molecule has 4 unspecified atom stereocenters. The summed E-state index contributed by atoms with van der Waals surface area (Å²) in [5.74, 6) is 3.44. The van der Waals surface area contributed by atoms with E-state index in [1.807, 2.05) is 12.1 Å². The smallest absolute Gasteiger partial charge is 0.137 e. The van der Waals surface area contributed by atoms with Gasteiger partial charge in [-0.3, -0.25) is 0 Å². The standard InChI is InChI=1S/C15H18BrClO/c1-18-14-5-4-11(8-13(14)17)15(16)12-7-9-2-3-10(12)6-9/h4-5,8-10,12,15H,2-3,6-7H2,1H3. The molecule has 0 amide bonds. The molecule has 2 saturated carbocycles. The normalized spacial score (nSPS) is 31.6. The minimum absolute atomic E-state index is 0.441. The molecule has 98 valence electrons. The molecular formula is C15H18BrClO. The molecule has 2 bridgehead atoms. The predicted octanol–water partition coefficient (Wildman–Crippen LogP) is 5.22. The Labute approximate surface area is 122 Å². The number of hydrogen-bond acceptors (Lipinski definition) is 1. The number of fused-ring (bicyclic) bond motifs is 2. The third-order valence-corrected chi connectivity index (χ3v) is 6.17. The fourth-order valence-electron chi connectivity index (χ4n) is 3.75. The van der Waals surface area contributed by atoms with E-state index in [1.165, 1.54) is 31.2 Å². The summed E-state index contributed by atoms with van der Waals surface area (Å²) in [6, 6.07) is 6.15. The lowest BCUT2D eigenvalue weighted by molar-refractivity contribution is 0.329. The maximum atomic E-state index is 6.21.